The predicted molar refractivity (Wildman–Crippen MR) is 45.0 cm³/mol. The fourth-order valence-corrected chi connectivity index (χ4v) is 0.987. The fourth-order valence-electron chi connectivity index (χ4n) is 0.987. The van der Waals surface area contributed by atoms with Gasteiger partial charge in [-0.2, -0.15) is 5.26 Å². The number of halogens is 2. The van der Waals surface area contributed by atoms with Gasteiger partial charge in [-0.15, -0.1) is 0 Å². The first-order valence-corrected chi connectivity index (χ1v) is 3.60. The van der Waals surface area contributed by atoms with Gasteiger partial charge in [0.1, 0.15) is 17.5 Å². The monoisotopic (exact) mass is 214 g/mol. The highest BCUT2D eigenvalue weighted by atomic mass is 19.3. The number of hydrogen-bond donors (Lipinski definition) is 1. The lowest BCUT2D eigenvalue weighted by atomic mass is 10.2. The van der Waals surface area contributed by atoms with Gasteiger partial charge in [-0.3, -0.25) is 10.1 Å². The van der Waals surface area contributed by atoms with Crippen molar-refractivity contribution < 1.29 is 13.7 Å². The fraction of sp³-hybridized carbons (Fsp3) is 0.143. The van der Waals surface area contributed by atoms with Gasteiger partial charge in [-0.25, -0.2) is 13.8 Å². The van der Waals surface area contributed by atoms with Crippen LogP contribution in [0.4, 0.5) is 20.2 Å². The van der Waals surface area contributed by atoms with Crippen molar-refractivity contribution in [2.75, 3.05) is 5.73 Å². The molecule has 8 heteroatoms. The number of rotatable bonds is 2. The van der Waals surface area contributed by atoms with Crippen molar-refractivity contribution in [1.82, 2.24) is 4.98 Å². The highest BCUT2D eigenvalue weighted by Crippen LogP contribution is 2.32. The summed E-state index contributed by atoms with van der Waals surface area (Å²) >= 11 is 0. The Kier molecular flexibility index (Phi) is 2.75. The summed E-state index contributed by atoms with van der Waals surface area (Å²) in [5.74, 6) is 0. The van der Waals surface area contributed by atoms with Crippen LogP contribution >= 0.6 is 0 Å². The van der Waals surface area contributed by atoms with Gasteiger partial charge >= 0.3 is 5.69 Å². The largest absolute Gasteiger partial charge is 0.393 e. The van der Waals surface area contributed by atoms with Gasteiger partial charge in [0.2, 0.25) is 0 Å². The Balaban J connectivity index is 3.51. The van der Waals surface area contributed by atoms with Crippen LogP contribution in [0.5, 0.6) is 0 Å². The van der Waals surface area contributed by atoms with Crippen molar-refractivity contribution in [3.8, 4) is 6.07 Å². The van der Waals surface area contributed by atoms with Crippen molar-refractivity contribution in [3.05, 3.63) is 27.6 Å². The number of nitro groups is 1. The van der Waals surface area contributed by atoms with Crippen molar-refractivity contribution >= 4 is 11.4 Å². The quantitative estimate of drug-likeness (QED) is 0.591. The molecular formula is C7H4F2N4O2. The molecule has 6 nitrogen and oxygen atoms in total. The van der Waals surface area contributed by atoms with E-state index in [4.69, 9.17) is 11.0 Å². The molecule has 1 aromatic rings. The molecule has 0 radical (unpaired) electrons. The summed E-state index contributed by atoms with van der Waals surface area (Å²) in [5.41, 5.74) is 2.25. The second-order valence-corrected chi connectivity index (χ2v) is 2.50. The molecule has 0 aliphatic carbocycles. The molecule has 0 saturated heterocycles. The standard InChI is InChI=1S/C7H4F2N4O2/c8-7(9)5-6(13(14)15)4(11)1-3(2-10)12-5/h1,7H,(H2,11,12). The number of alkyl halides is 2. The molecule has 0 amide bonds. The summed E-state index contributed by atoms with van der Waals surface area (Å²) in [4.78, 5) is 12.5. The zero-order chi connectivity index (χ0) is 11.6. The highest BCUT2D eigenvalue weighted by Gasteiger charge is 2.27. The minimum absolute atomic E-state index is 0.381. The first-order valence-electron chi connectivity index (χ1n) is 3.60. The average molecular weight is 214 g/mol. The number of aromatic nitrogens is 1. The van der Waals surface area contributed by atoms with Crippen molar-refractivity contribution in [2.45, 2.75) is 6.43 Å². The van der Waals surface area contributed by atoms with Crippen LogP contribution in [0, 0.1) is 21.4 Å². The normalized spacial score (nSPS) is 10.0. The molecule has 1 rings (SSSR count). The average Bonchev–Trinajstić information content (AvgIpc) is 2.15. The van der Waals surface area contributed by atoms with Crippen LogP contribution in [-0.4, -0.2) is 9.91 Å². The van der Waals surface area contributed by atoms with E-state index in [9.17, 15) is 18.9 Å². The number of nitrogens with two attached hydrogens (primary N) is 1. The van der Waals surface area contributed by atoms with E-state index < -0.39 is 28.4 Å². The zero-order valence-electron chi connectivity index (χ0n) is 7.15. The van der Waals surface area contributed by atoms with E-state index in [1.807, 2.05) is 0 Å². The van der Waals surface area contributed by atoms with Gasteiger partial charge in [0, 0.05) is 6.07 Å². The Morgan fingerprint density at radius 2 is 2.27 bits per heavy atom. The lowest BCUT2D eigenvalue weighted by molar-refractivity contribution is -0.385. The van der Waals surface area contributed by atoms with E-state index in [0.717, 1.165) is 6.07 Å². The second kappa shape index (κ2) is 3.83. The van der Waals surface area contributed by atoms with Crippen LogP contribution < -0.4 is 5.73 Å². The molecule has 0 saturated carbocycles. The molecule has 0 fully saturated rings. The Morgan fingerprint density at radius 1 is 1.67 bits per heavy atom. The zero-order valence-corrected chi connectivity index (χ0v) is 7.15. The Bertz CT molecular complexity index is 455. The van der Waals surface area contributed by atoms with Gasteiger partial charge in [0.05, 0.1) is 4.92 Å². The van der Waals surface area contributed by atoms with Gasteiger partial charge in [0.25, 0.3) is 6.43 Å². The minimum atomic E-state index is -3.15. The summed E-state index contributed by atoms with van der Waals surface area (Å²) in [6.45, 7) is 0. The third-order valence-corrected chi connectivity index (χ3v) is 1.55. The molecule has 0 atom stereocenters. The SMILES string of the molecule is N#Cc1cc(N)c([N+](=O)[O-])c(C(F)F)n1. The van der Waals surface area contributed by atoms with Crippen LogP contribution in [0.15, 0.2) is 6.07 Å². The van der Waals surface area contributed by atoms with Gasteiger partial charge in [-0.05, 0) is 0 Å². The van der Waals surface area contributed by atoms with Crippen LogP contribution in [0.25, 0.3) is 0 Å². The first-order chi connectivity index (χ1) is 6.97. The summed E-state index contributed by atoms with van der Waals surface area (Å²) in [7, 11) is 0. The Hall–Kier alpha value is -2.30. The van der Waals surface area contributed by atoms with E-state index >= 15 is 0 Å². The second-order valence-electron chi connectivity index (χ2n) is 2.50. The molecule has 1 heterocycles. The molecule has 2 N–H and O–H groups in total. The van der Waals surface area contributed by atoms with Crippen molar-refractivity contribution in [3.63, 3.8) is 0 Å². The number of hydrogen-bond acceptors (Lipinski definition) is 5. The minimum Gasteiger partial charge on any atom is -0.393 e. The van der Waals surface area contributed by atoms with E-state index in [1.165, 1.54) is 6.07 Å². The van der Waals surface area contributed by atoms with E-state index in [-0.39, 0.29) is 5.69 Å². The summed E-state index contributed by atoms with van der Waals surface area (Å²) in [5, 5.41) is 18.8. The van der Waals surface area contributed by atoms with Crippen LogP contribution in [-0.2, 0) is 0 Å². The van der Waals surface area contributed by atoms with E-state index in [0.29, 0.717) is 0 Å². The summed E-state index contributed by atoms with van der Waals surface area (Å²) < 4.78 is 24.7. The first kappa shape index (κ1) is 10.8. The molecule has 78 valence electrons. The molecule has 0 aromatic carbocycles. The number of nitrogen functional groups attached to an aromatic ring is 1. The third-order valence-electron chi connectivity index (χ3n) is 1.55. The van der Waals surface area contributed by atoms with E-state index in [2.05, 4.69) is 4.98 Å². The van der Waals surface area contributed by atoms with Crippen LogP contribution in [0.3, 0.4) is 0 Å². The molecular weight excluding hydrogens is 210 g/mol. The molecule has 0 aliphatic heterocycles. The Labute approximate surface area is 82.1 Å². The van der Waals surface area contributed by atoms with Crippen LogP contribution in [0.2, 0.25) is 0 Å². The maximum absolute atomic E-state index is 12.4. The highest BCUT2D eigenvalue weighted by molar-refractivity contribution is 5.62. The van der Waals surface area contributed by atoms with Crippen LogP contribution in [0.1, 0.15) is 17.8 Å². The van der Waals surface area contributed by atoms with Crippen molar-refractivity contribution in [2.24, 2.45) is 0 Å². The maximum Gasteiger partial charge on any atom is 0.319 e. The van der Waals surface area contributed by atoms with Gasteiger partial charge < -0.3 is 5.73 Å². The maximum atomic E-state index is 12.4. The lowest BCUT2D eigenvalue weighted by Crippen LogP contribution is -2.05. The molecule has 0 spiro atoms. The summed E-state index contributed by atoms with van der Waals surface area (Å²) in [6, 6.07) is 2.36. The number of nitrogens with zero attached hydrogens (tertiary/aromatic N) is 3. The van der Waals surface area contributed by atoms with Gasteiger partial charge in [0.15, 0.2) is 5.69 Å². The lowest BCUT2D eigenvalue weighted by Gasteiger charge is -2.03. The molecule has 0 bridgehead atoms. The topological polar surface area (TPSA) is 106 Å². The number of anilines is 1. The molecule has 15 heavy (non-hydrogen) atoms. The third kappa shape index (κ3) is 1.96. The molecule has 0 aliphatic rings. The molecule has 0 unspecified atom stereocenters. The molecule has 1 aromatic heterocycles. The predicted octanol–water partition coefficient (Wildman–Crippen LogP) is 1.38. The van der Waals surface area contributed by atoms with Gasteiger partial charge in [-0.1, -0.05) is 0 Å². The van der Waals surface area contributed by atoms with E-state index in [1.54, 1.807) is 0 Å². The smallest absolute Gasteiger partial charge is 0.319 e. The Morgan fingerprint density at radius 3 is 2.67 bits per heavy atom. The van der Waals surface area contributed by atoms with Crippen molar-refractivity contribution in [1.29, 1.82) is 5.26 Å². The summed E-state index contributed by atoms with van der Waals surface area (Å²) in [6.07, 6.45) is -3.15. The number of pyridine rings is 1. The number of nitriles is 1.